The average molecular weight is 344 g/mol. The van der Waals surface area contributed by atoms with Gasteiger partial charge in [-0.1, -0.05) is 35.9 Å². The van der Waals surface area contributed by atoms with E-state index in [1.165, 1.54) is 19.2 Å². The van der Waals surface area contributed by atoms with E-state index in [1.54, 1.807) is 36.4 Å². The van der Waals surface area contributed by atoms with Gasteiger partial charge in [-0.2, -0.15) is 0 Å². The fraction of sp³-hybridized carbons (Fsp3) is 0.118. The molecular formula is C17H16N2O4S. The van der Waals surface area contributed by atoms with Crippen LogP contribution in [0.4, 0.5) is 5.69 Å². The number of para-hydroxylation sites is 1. The summed E-state index contributed by atoms with van der Waals surface area (Å²) in [5, 5.41) is 0.480. The minimum absolute atomic E-state index is 0.0685. The van der Waals surface area contributed by atoms with Crippen LogP contribution in [0.25, 0.3) is 10.9 Å². The van der Waals surface area contributed by atoms with E-state index in [9.17, 15) is 13.2 Å². The van der Waals surface area contributed by atoms with Crippen molar-refractivity contribution >= 4 is 32.6 Å². The summed E-state index contributed by atoms with van der Waals surface area (Å²) in [5.41, 5.74) is 7.17. The molecule has 0 bridgehead atoms. The monoisotopic (exact) mass is 344 g/mol. The zero-order valence-electron chi connectivity index (χ0n) is 13.2. The molecule has 0 fully saturated rings. The Hall–Kier alpha value is -2.80. The van der Waals surface area contributed by atoms with Gasteiger partial charge in [0.2, 0.25) is 0 Å². The molecule has 2 aromatic carbocycles. The Kier molecular flexibility index (Phi) is 3.81. The van der Waals surface area contributed by atoms with Crippen molar-refractivity contribution < 1.29 is 17.9 Å². The highest BCUT2D eigenvalue weighted by molar-refractivity contribution is 7.90. The van der Waals surface area contributed by atoms with Crippen LogP contribution in [0, 0.1) is 6.92 Å². The second kappa shape index (κ2) is 5.68. The average Bonchev–Trinajstić information content (AvgIpc) is 2.88. The maximum atomic E-state index is 13.1. The zero-order chi connectivity index (χ0) is 17.5. The summed E-state index contributed by atoms with van der Waals surface area (Å²) in [6, 6.07) is 13.1. The third-order valence-corrected chi connectivity index (χ3v) is 5.54. The number of benzene rings is 2. The number of rotatable bonds is 3. The minimum Gasteiger partial charge on any atom is -0.464 e. The summed E-state index contributed by atoms with van der Waals surface area (Å²) in [7, 11) is -2.83. The van der Waals surface area contributed by atoms with Crippen LogP contribution in [0.1, 0.15) is 16.1 Å². The largest absolute Gasteiger partial charge is 0.464 e. The SMILES string of the molecule is COC(=O)c1c(N)c2ccccc2n1S(=O)(=O)c1ccc(C)cc1. The number of aromatic nitrogens is 1. The van der Waals surface area contributed by atoms with Gasteiger partial charge in [0, 0.05) is 5.39 Å². The molecule has 0 unspecified atom stereocenters. The van der Waals surface area contributed by atoms with Gasteiger partial charge in [-0.05, 0) is 25.1 Å². The lowest BCUT2D eigenvalue weighted by molar-refractivity contribution is 0.0594. The van der Waals surface area contributed by atoms with Gasteiger partial charge in [0.15, 0.2) is 5.69 Å². The molecule has 0 spiro atoms. The van der Waals surface area contributed by atoms with Gasteiger partial charge in [0.1, 0.15) is 0 Å². The number of carbonyl (C=O) groups excluding carboxylic acids is 1. The molecular weight excluding hydrogens is 328 g/mol. The van der Waals surface area contributed by atoms with Crippen LogP contribution in [0.2, 0.25) is 0 Å². The van der Waals surface area contributed by atoms with Crippen LogP contribution >= 0.6 is 0 Å². The summed E-state index contributed by atoms with van der Waals surface area (Å²) in [4.78, 5) is 12.2. The molecule has 7 heteroatoms. The maximum absolute atomic E-state index is 13.1. The normalized spacial score (nSPS) is 11.6. The number of aryl methyl sites for hydroxylation is 1. The summed E-state index contributed by atoms with van der Waals surface area (Å²) in [5.74, 6) is -0.806. The number of nitrogens with zero attached hydrogens (tertiary/aromatic N) is 1. The van der Waals surface area contributed by atoms with Crippen LogP contribution in [0.3, 0.4) is 0 Å². The van der Waals surface area contributed by atoms with Crippen LogP contribution in [-0.4, -0.2) is 25.5 Å². The van der Waals surface area contributed by atoms with Gasteiger partial charge < -0.3 is 10.5 Å². The number of fused-ring (bicyclic) bond motifs is 1. The second-order valence-electron chi connectivity index (χ2n) is 5.35. The first-order valence-corrected chi connectivity index (χ1v) is 8.61. The van der Waals surface area contributed by atoms with Gasteiger partial charge in [-0.15, -0.1) is 0 Å². The first-order valence-electron chi connectivity index (χ1n) is 7.17. The van der Waals surface area contributed by atoms with Crippen LogP contribution in [0.15, 0.2) is 53.4 Å². The summed E-state index contributed by atoms with van der Waals surface area (Å²) >= 11 is 0. The van der Waals surface area contributed by atoms with Crippen molar-refractivity contribution in [3.8, 4) is 0 Å². The molecule has 0 saturated heterocycles. The van der Waals surface area contributed by atoms with E-state index in [4.69, 9.17) is 10.5 Å². The van der Waals surface area contributed by atoms with Crippen LogP contribution < -0.4 is 5.73 Å². The number of anilines is 1. The Morgan fingerprint density at radius 3 is 2.33 bits per heavy atom. The van der Waals surface area contributed by atoms with E-state index >= 15 is 0 Å². The highest BCUT2D eigenvalue weighted by Gasteiger charge is 2.30. The van der Waals surface area contributed by atoms with Crippen molar-refractivity contribution in [2.45, 2.75) is 11.8 Å². The predicted octanol–water partition coefficient (Wildman–Crippen LogP) is 2.56. The van der Waals surface area contributed by atoms with E-state index in [0.717, 1.165) is 9.54 Å². The van der Waals surface area contributed by atoms with E-state index in [0.29, 0.717) is 10.9 Å². The van der Waals surface area contributed by atoms with Crippen molar-refractivity contribution in [1.82, 2.24) is 3.97 Å². The fourth-order valence-corrected chi connectivity index (χ4v) is 4.11. The quantitative estimate of drug-likeness (QED) is 0.737. The van der Waals surface area contributed by atoms with E-state index < -0.39 is 16.0 Å². The number of hydrogen-bond acceptors (Lipinski definition) is 5. The Morgan fingerprint density at radius 2 is 1.71 bits per heavy atom. The number of ether oxygens (including phenoxy) is 1. The molecule has 124 valence electrons. The van der Waals surface area contributed by atoms with Crippen LogP contribution in [0.5, 0.6) is 0 Å². The highest BCUT2D eigenvalue weighted by atomic mass is 32.2. The summed E-state index contributed by atoms with van der Waals surface area (Å²) < 4.78 is 31.9. The Balaban J connectivity index is 2.40. The minimum atomic E-state index is -4.01. The molecule has 1 aromatic heterocycles. The number of nitrogen functional groups attached to an aromatic ring is 1. The number of hydrogen-bond donors (Lipinski definition) is 1. The van der Waals surface area contributed by atoms with Gasteiger partial charge in [-0.3, -0.25) is 0 Å². The van der Waals surface area contributed by atoms with Gasteiger partial charge in [0.25, 0.3) is 10.0 Å². The second-order valence-corrected chi connectivity index (χ2v) is 7.14. The van der Waals surface area contributed by atoms with Crippen LogP contribution in [-0.2, 0) is 14.8 Å². The van der Waals surface area contributed by atoms with Gasteiger partial charge >= 0.3 is 5.97 Å². The maximum Gasteiger partial charge on any atom is 0.357 e. The standard InChI is InChI=1S/C17H16N2O4S/c1-11-7-9-12(10-8-11)24(21,22)19-14-6-4-3-5-13(14)15(18)16(19)17(20)23-2/h3-10H,18H2,1-2H3. The smallest absolute Gasteiger partial charge is 0.357 e. The van der Waals surface area contributed by atoms with Crippen molar-refractivity contribution in [2.75, 3.05) is 12.8 Å². The lowest BCUT2D eigenvalue weighted by atomic mass is 10.2. The predicted molar refractivity (Wildman–Crippen MR) is 91.5 cm³/mol. The van der Waals surface area contributed by atoms with Crippen molar-refractivity contribution in [2.24, 2.45) is 0 Å². The molecule has 0 aliphatic heterocycles. The molecule has 0 amide bonds. The van der Waals surface area contributed by atoms with Crippen molar-refractivity contribution in [3.05, 3.63) is 59.8 Å². The molecule has 0 aliphatic rings. The lowest BCUT2D eigenvalue weighted by Crippen LogP contribution is -2.20. The molecule has 2 N–H and O–H groups in total. The zero-order valence-corrected chi connectivity index (χ0v) is 14.0. The van der Waals surface area contributed by atoms with Gasteiger partial charge in [-0.25, -0.2) is 17.2 Å². The number of esters is 1. The molecule has 24 heavy (non-hydrogen) atoms. The molecule has 6 nitrogen and oxygen atoms in total. The first-order chi connectivity index (χ1) is 11.4. The van der Waals surface area contributed by atoms with E-state index in [-0.39, 0.29) is 16.3 Å². The molecule has 3 aromatic rings. The number of methoxy groups -OCH3 is 1. The molecule has 1 heterocycles. The van der Waals surface area contributed by atoms with Crippen molar-refractivity contribution in [3.63, 3.8) is 0 Å². The Bertz CT molecular complexity index is 1030. The molecule has 0 atom stereocenters. The van der Waals surface area contributed by atoms with E-state index in [1.807, 2.05) is 6.92 Å². The molecule has 0 aliphatic carbocycles. The fourth-order valence-electron chi connectivity index (χ4n) is 2.59. The highest BCUT2D eigenvalue weighted by Crippen LogP contribution is 2.32. The molecule has 3 rings (SSSR count). The number of carbonyl (C=O) groups is 1. The Morgan fingerprint density at radius 1 is 1.08 bits per heavy atom. The summed E-state index contributed by atoms with van der Waals surface area (Å²) in [6.45, 7) is 1.86. The Labute approximate surface area is 139 Å². The topological polar surface area (TPSA) is 91.4 Å². The first kappa shape index (κ1) is 16.1. The summed E-state index contributed by atoms with van der Waals surface area (Å²) in [6.07, 6.45) is 0. The third kappa shape index (κ3) is 2.33. The van der Waals surface area contributed by atoms with E-state index in [2.05, 4.69) is 0 Å². The molecule has 0 radical (unpaired) electrons. The van der Waals surface area contributed by atoms with Gasteiger partial charge in [0.05, 0.1) is 23.2 Å². The third-order valence-electron chi connectivity index (χ3n) is 3.81. The van der Waals surface area contributed by atoms with Crippen molar-refractivity contribution in [1.29, 1.82) is 0 Å². The number of nitrogens with two attached hydrogens (primary N) is 1. The lowest BCUT2D eigenvalue weighted by Gasteiger charge is -2.11. The molecule has 0 saturated carbocycles.